The van der Waals surface area contributed by atoms with E-state index < -0.39 is 5.54 Å². The molecule has 2 N–H and O–H groups in total. The van der Waals surface area contributed by atoms with Gasteiger partial charge in [-0.15, -0.1) is 6.58 Å². The summed E-state index contributed by atoms with van der Waals surface area (Å²) < 4.78 is 5.37. The van der Waals surface area contributed by atoms with Crippen LogP contribution in [0.4, 0.5) is 0 Å². The van der Waals surface area contributed by atoms with Gasteiger partial charge in [0.1, 0.15) is 5.75 Å². The number of hydrogen-bond donors (Lipinski definition) is 1. The second-order valence-corrected chi connectivity index (χ2v) is 6.33. The summed E-state index contributed by atoms with van der Waals surface area (Å²) in [4.78, 5) is 2.50. The van der Waals surface area contributed by atoms with Crippen molar-refractivity contribution in [2.45, 2.75) is 44.7 Å². The van der Waals surface area contributed by atoms with E-state index in [0.717, 1.165) is 36.4 Å². The average Bonchev–Trinajstić information content (AvgIpc) is 2.99. The molecule has 1 aliphatic rings. The molecule has 1 heterocycles. The van der Waals surface area contributed by atoms with Crippen LogP contribution in [-0.2, 0) is 5.54 Å². The van der Waals surface area contributed by atoms with Gasteiger partial charge in [-0.2, -0.15) is 0 Å². The Morgan fingerprint density at radius 2 is 2.10 bits per heavy atom. The van der Waals surface area contributed by atoms with Crippen molar-refractivity contribution in [3.8, 4) is 5.75 Å². The van der Waals surface area contributed by atoms with E-state index in [0.29, 0.717) is 0 Å². The SMILES string of the molecule is C=C(C)CC(N)(c1cccc(OC)c1)C(C)N1CCCC1. The molecule has 1 aliphatic heterocycles. The van der Waals surface area contributed by atoms with E-state index >= 15 is 0 Å². The molecule has 0 radical (unpaired) electrons. The molecule has 0 amide bonds. The molecule has 0 spiro atoms. The maximum absolute atomic E-state index is 6.91. The van der Waals surface area contributed by atoms with Crippen molar-refractivity contribution >= 4 is 0 Å². The Morgan fingerprint density at radius 3 is 2.67 bits per heavy atom. The van der Waals surface area contributed by atoms with Crippen LogP contribution in [0.2, 0.25) is 0 Å². The lowest BCUT2D eigenvalue weighted by molar-refractivity contribution is 0.159. The molecular weight excluding hydrogens is 260 g/mol. The van der Waals surface area contributed by atoms with E-state index in [4.69, 9.17) is 10.5 Å². The normalized spacial score (nSPS) is 20.0. The molecule has 3 nitrogen and oxygen atoms in total. The first-order valence-corrected chi connectivity index (χ1v) is 7.79. The fraction of sp³-hybridized carbons (Fsp3) is 0.556. The van der Waals surface area contributed by atoms with Crippen LogP contribution in [0.3, 0.4) is 0 Å². The van der Waals surface area contributed by atoms with Crippen molar-refractivity contribution in [1.29, 1.82) is 0 Å². The van der Waals surface area contributed by atoms with Crippen LogP contribution in [0.25, 0.3) is 0 Å². The molecule has 2 atom stereocenters. The minimum atomic E-state index is -0.426. The van der Waals surface area contributed by atoms with Crippen LogP contribution >= 0.6 is 0 Å². The number of methoxy groups -OCH3 is 1. The van der Waals surface area contributed by atoms with Crippen molar-refractivity contribution in [3.05, 3.63) is 42.0 Å². The number of nitrogens with two attached hydrogens (primary N) is 1. The lowest BCUT2D eigenvalue weighted by Crippen LogP contribution is -2.54. The third-order valence-electron chi connectivity index (χ3n) is 4.64. The van der Waals surface area contributed by atoms with Crippen LogP contribution in [0, 0.1) is 0 Å². The van der Waals surface area contributed by atoms with Crippen LogP contribution in [0.1, 0.15) is 38.7 Å². The Hall–Kier alpha value is -1.32. The lowest BCUT2D eigenvalue weighted by Gasteiger charge is -2.41. The van der Waals surface area contributed by atoms with Gasteiger partial charge < -0.3 is 10.5 Å². The number of benzene rings is 1. The smallest absolute Gasteiger partial charge is 0.119 e. The van der Waals surface area contributed by atoms with Gasteiger partial charge >= 0.3 is 0 Å². The van der Waals surface area contributed by atoms with Crippen molar-refractivity contribution < 1.29 is 4.74 Å². The summed E-state index contributed by atoms with van der Waals surface area (Å²) in [7, 11) is 1.69. The second kappa shape index (κ2) is 6.63. The summed E-state index contributed by atoms with van der Waals surface area (Å²) in [6.07, 6.45) is 3.33. The Morgan fingerprint density at radius 1 is 1.43 bits per heavy atom. The van der Waals surface area contributed by atoms with Gasteiger partial charge in [0.25, 0.3) is 0 Å². The molecule has 0 aromatic heterocycles. The number of hydrogen-bond acceptors (Lipinski definition) is 3. The molecule has 2 rings (SSSR count). The highest BCUT2D eigenvalue weighted by molar-refractivity contribution is 5.35. The van der Waals surface area contributed by atoms with Crippen molar-refractivity contribution in [3.63, 3.8) is 0 Å². The first-order chi connectivity index (χ1) is 9.97. The third kappa shape index (κ3) is 3.47. The fourth-order valence-corrected chi connectivity index (χ4v) is 3.36. The molecule has 116 valence electrons. The zero-order valence-corrected chi connectivity index (χ0v) is 13.6. The molecule has 2 unspecified atom stereocenters. The Balaban J connectivity index is 2.36. The van der Waals surface area contributed by atoms with Gasteiger partial charge in [0.15, 0.2) is 0 Å². The topological polar surface area (TPSA) is 38.5 Å². The van der Waals surface area contributed by atoms with E-state index in [1.54, 1.807) is 7.11 Å². The fourth-order valence-electron chi connectivity index (χ4n) is 3.36. The van der Waals surface area contributed by atoms with Gasteiger partial charge in [0, 0.05) is 6.04 Å². The first kappa shape index (κ1) is 16.1. The monoisotopic (exact) mass is 288 g/mol. The van der Waals surface area contributed by atoms with E-state index in [2.05, 4.69) is 37.5 Å². The van der Waals surface area contributed by atoms with E-state index in [1.807, 2.05) is 12.1 Å². The molecular formula is C18H28N2O. The molecule has 3 heteroatoms. The maximum Gasteiger partial charge on any atom is 0.119 e. The molecule has 1 aromatic carbocycles. The van der Waals surface area contributed by atoms with Crippen LogP contribution in [0.15, 0.2) is 36.4 Å². The number of likely N-dealkylation sites (tertiary alicyclic amines) is 1. The summed E-state index contributed by atoms with van der Waals surface area (Å²) in [5.74, 6) is 0.859. The average molecular weight is 288 g/mol. The van der Waals surface area contributed by atoms with Crippen molar-refractivity contribution in [2.24, 2.45) is 5.73 Å². The molecule has 1 aromatic rings. The quantitative estimate of drug-likeness (QED) is 0.816. The number of nitrogens with zero attached hydrogens (tertiary/aromatic N) is 1. The molecule has 21 heavy (non-hydrogen) atoms. The van der Waals surface area contributed by atoms with Gasteiger partial charge in [-0.1, -0.05) is 17.7 Å². The van der Waals surface area contributed by atoms with Gasteiger partial charge in [0.05, 0.1) is 12.6 Å². The van der Waals surface area contributed by atoms with Gasteiger partial charge in [0.2, 0.25) is 0 Å². The molecule has 1 saturated heterocycles. The van der Waals surface area contributed by atoms with Crippen LogP contribution in [0.5, 0.6) is 5.75 Å². The first-order valence-electron chi connectivity index (χ1n) is 7.79. The highest BCUT2D eigenvalue weighted by atomic mass is 16.5. The Kier molecular flexibility index (Phi) is 5.07. The minimum Gasteiger partial charge on any atom is -0.497 e. The summed E-state index contributed by atoms with van der Waals surface area (Å²) in [5, 5.41) is 0. The van der Waals surface area contributed by atoms with Crippen molar-refractivity contribution in [1.82, 2.24) is 4.90 Å². The van der Waals surface area contributed by atoms with Crippen molar-refractivity contribution in [2.75, 3.05) is 20.2 Å². The second-order valence-electron chi connectivity index (χ2n) is 6.33. The number of rotatable bonds is 6. The van der Waals surface area contributed by atoms with Crippen LogP contribution < -0.4 is 10.5 Å². The summed E-state index contributed by atoms with van der Waals surface area (Å²) >= 11 is 0. The largest absolute Gasteiger partial charge is 0.497 e. The van der Waals surface area contributed by atoms with Crippen LogP contribution in [-0.4, -0.2) is 31.1 Å². The van der Waals surface area contributed by atoms with E-state index in [-0.39, 0.29) is 6.04 Å². The molecule has 0 saturated carbocycles. The predicted molar refractivity (Wildman–Crippen MR) is 88.6 cm³/mol. The summed E-state index contributed by atoms with van der Waals surface area (Å²) in [6, 6.07) is 8.44. The molecule has 0 bridgehead atoms. The molecule has 1 fully saturated rings. The minimum absolute atomic E-state index is 0.281. The predicted octanol–water partition coefficient (Wildman–Crippen LogP) is 3.30. The zero-order chi connectivity index (χ0) is 15.5. The summed E-state index contributed by atoms with van der Waals surface area (Å²) in [6.45, 7) is 10.7. The zero-order valence-electron chi connectivity index (χ0n) is 13.6. The van der Waals surface area contributed by atoms with Gasteiger partial charge in [-0.3, -0.25) is 4.90 Å². The Bertz CT molecular complexity index is 494. The number of ether oxygens (including phenoxy) is 1. The summed E-state index contributed by atoms with van der Waals surface area (Å²) in [5.41, 5.74) is 8.73. The lowest BCUT2D eigenvalue weighted by atomic mass is 9.79. The standard InChI is InChI=1S/C18H28N2O/c1-14(2)13-18(19,15(3)20-10-5-6-11-20)16-8-7-9-17(12-16)21-4/h7-9,12,15H,1,5-6,10-11,13,19H2,2-4H3. The Labute approximate surface area is 128 Å². The van der Waals surface area contributed by atoms with Gasteiger partial charge in [-0.05, 0) is 63.9 Å². The third-order valence-corrected chi connectivity index (χ3v) is 4.64. The van der Waals surface area contributed by atoms with Gasteiger partial charge in [-0.25, -0.2) is 0 Å². The highest BCUT2D eigenvalue weighted by Gasteiger charge is 2.38. The molecule has 0 aliphatic carbocycles. The van der Waals surface area contributed by atoms with E-state index in [1.165, 1.54) is 12.8 Å². The maximum atomic E-state index is 6.91. The highest BCUT2D eigenvalue weighted by Crippen LogP contribution is 2.34. The van der Waals surface area contributed by atoms with E-state index in [9.17, 15) is 0 Å².